The number of benzene rings is 2. The fourth-order valence-electron chi connectivity index (χ4n) is 2.01. The van der Waals surface area contributed by atoms with E-state index in [0.29, 0.717) is 12.1 Å². The van der Waals surface area contributed by atoms with E-state index in [1.807, 2.05) is 30.3 Å². The second-order valence-corrected chi connectivity index (χ2v) is 4.76. The van der Waals surface area contributed by atoms with E-state index in [-0.39, 0.29) is 11.6 Å². The third kappa shape index (κ3) is 3.07. The van der Waals surface area contributed by atoms with Gasteiger partial charge in [-0.2, -0.15) is 0 Å². The molecule has 0 aliphatic carbocycles. The summed E-state index contributed by atoms with van der Waals surface area (Å²) < 4.78 is 39.3. The molecule has 2 aromatic carbocycles. The number of carbonyl (C=O) groups is 1. The molecule has 1 atom stereocenters. The Kier molecular flexibility index (Phi) is 4.31. The van der Waals surface area contributed by atoms with Gasteiger partial charge in [-0.15, -0.1) is 0 Å². The molecule has 0 aliphatic rings. The van der Waals surface area contributed by atoms with Crippen LogP contribution in [0.1, 0.15) is 28.9 Å². The quantitative estimate of drug-likeness (QED) is 0.785. The predicted molar refractivity (Wildman–Crippen MR) is 73.3 cm³/mol. The van der Waals surface area contributed by atoms with Gasteiger partial charge in [-0.05, 0) is 24.6 Å². The maximum atomic E-state index is 13.2. The SMILES string of the molecule is CC(c1ccccc1)N(C)C(=O)c1cc(F)c(F)c(F)c1. The summed E-state index contributed by atoms with van der Waals surface area (Å²) in [7, 11) is 1.53. The van der Waals surface area contributed by atoms with E-state index in [1.54, 1.807) is 6.92 Å². The first-order valence-corrected chi connectivity index (χ1v) is 6.38. The number of amides is 1. The van der Waals surface area contributed by atoms with Crippen molar-refractivity contribution < 1.29 is 18.0 Å². The first-order valence-electron chi connectivity index (χ1n) is 6.38. The standard InChI is InChI=1S/C16H14F3NO/c1-10(11-6-4-3-5-7-11)20(2)16(21)12-8-13(17)15(19)14(18)9-12/h3-10H,1-2H3. The van der Waals surface area contributed by atoms with Crippen LogP contribution in [0.5, 0.6) is 0 Å². The molecule has 0 saturated carbocycles. The van der Waals surface area contributed by atoms with E-state index in [9.17, 15) is 18.0 Å². The lowest BCUT2D eigenvalue weighted by Gasteiger charge is -2.25. The molecule has 0 aliphatic heterocycles. The van der Waals surface area contributed by atoms with Crippen LogP contribution in [0.3, 0.4) is 0 Å². The first kappa shape index (κ1) is 15.1. The van der Waals surface area contributed by atoms with Crippen molar-refractivity contribution in [3.63, 3.8) is 0 Å². The summed E-state index contributed by atoms with van der Waals surface area (Å²) in [5.41, 5.74) is 0.660. The fraction of sp³-hybridized carbons (Fsp3) is 0.188. The van der Waals surface area contributed by atoms with Crippen LogP contribution in [-0.4, -0.2) is 17.9 Å². The Bertz CT molecular complexity index is 635. The molecule has 1 amide bonds. The third-order valence-corrected chi connectivity index (χ3v) is 3.41. The van der Waals surface area contributed by atoms with E-state index in [1.165, 1.54) is 11.9 Å². The Morgan fingerprint density at radius 2 is 1.57 bits per heavy atom. The van der Waals surface area contributed by atoms with Gasteiger partial charge in [-0.3, -0.25) is 4.79 Å². The normalized spacial score (nSPS) is 12.0. The summed E-state index contributed by atoms with van der Waals surface area (Å²) in [6.07, 6.45) is 0. The van der Waals surface area contributed by atoms with Crippen molar-refractivity contribution in [1.82, 2.24) is 4.90 Å². The molecule has 2 rings (SSSR count). The zero-order valence-corrected chi connectivity index (χ0v) is 11.6. The molecule has 21 heavy (non-hydrogen) atoms. The maximum Gasteiger partial charge on any atom is 0.254 e. The fourth-order valence-corrected chi connectivity index (χ4v) is 2.01. The van der Waals surface area contributed by atoms with Crippen LogP contribution in [0.15, 0.2) is 42.5 Å². The smallest absolute Gasteiger partial charge is 0.254 e. The lowest BCUT2D eigenvalue weighted by Crippen LogP contribution is -2.30. The Hall–Kier alpha value is -2.30. The molecule has 5 heteroatoms. The van der Waals surface area contributed by atoms with Crippen molar-refractivity contribution >= 4 is 5.91 Å². The zero-order chi connectivity index (χ0) is 15.6. The largest absolute Gasteiger partial charge is 0.335 e. The minimum atomic E-state index is -1.58. The van der Waals surface area contributed by atoms with Gasteiger partial charge in [0.25, 0.3) is 5.91 Å². The molecule has 110 valence electrons. The summed E-state index contributed by atoms with van der Waals surface area (Å²) in [6, 6.07) is 10.3. The molecule has 2 nitrogen and oxygen atoms in total. The van der Waals surface area contributed by atoms with E-state index >= 15 is 0 Å². The van der Waals surface area contributed by atoms with E-state index in [0.717, 1.165) is 5.56 Å². The van der Waals surface area contributed by atoms with Crippen LogP contribution in [0.25, 0.3) is 0 Å². The lowest BCUT2D eigenvalue weighted by molar-refractivity contribution is 0.0741. The van der Waals surface area contributed by atoms with Gasteiger partial charge >= 0.3 is 0 Å². The number of rotatable bonds is 3. The van der Waals surface area contributed by atoms with E-state index in [2.05, 4.69) is 0 Å². The summed E-state index contributed by atoms with van der Waals surface area (Å²) in [5, 5.41) is 0. The predicted octanol–water partition coefficient (Wildman–Crippen LogP) is 3.94. The molecule has 0 aromatic heterocycles. The summed E-state index contributed by atoms with van der Waals surface area (Å²) in [5.74, 6) is -4.91. The molecule has 0 fully saturated rings. The molecule has 0 spiro atoms. The van der Waals surface area contributed by atoms with Gasteiger partial charge in [0.2, 0.25) is 0 Å². The lowest BCUT2D eigenvalue weighted by atomic mass is 10.1. The highest BCUT2D eigenvalue weighted by Gasteiger charge is 2.21. The van der Waals surface area contributed by atoms with Crippen LogP contribution in [-0.2, 0) is 0 Å². The molecule has 0 bridgehead atoms. The Morgan fingerprint density at radius 3 is 2.10 bits per heavy atom. The second kappa shape index (κ2) is 5.99. The molecular weight excluding hydrogens is 279 g/mol. The van der Waals surface area contributed by atoms with Gasteiger partial charge in [-0.25, -0.2) is 13.2 Å². The van der Waals surface area contributed by atoms with Crippen LogP contribution >= 0.6 is 0 Å². The molecule has 0 radical (unpaired) electrons. The van der Waals surface area contributed by atoms with Gasteiger partial charge < -0.3 is 4.90 Å². The van der Waals surface area contributed by atoms with Gasteiger partial charge in [0.05, 0.1) is 6.04 Å². The number of nitrogens with zero attached hydrogens (tertiary/aromatic N) is 1. The van der Waals surface area contributed by atoms with Crippen molar-refractivity contribution in [2.45, 2.75) is 13.0 Å². The van der Waals surface area contributed by atoms with Gasteiger partial charge in [0.15, 0.2) is 17.5 Å². The van der Waals surface area contributed by atoms with Crippen molar-refractivity contribution in [3.8, 4) is 0 Å². The Balaban J connectivity index is 2.27. The van der Waals surface area contributed by atoms with Crippen LogP contribution < -0.4 is 0 Å². The number of hydrogen-bond acceptors (Lipinski definition) is 1. The highest BCUT2D eigenvalue weighted by atomic mass is 19.2. The third-order valence-electron chi connectivity index (χ3n) is 3.41. The minimum absolute atomic E-state index is 0.225. The molecule has 0 saturated heterocycles. The summed E-state index contributed by atoms with van der Waals surface area (Å²) in [4.78, 5) is 13.6. The average molecular weight is 293 g/mol. The van der Waals surface area contributed by atoms with Crippen LogP contribution in [0, 0.1) is 17.5 Å². The van der Waals surface area contributed by atoms with Gasteiger partial charge in [-0.1, -0.05) is 30.3 Å². The van der Waals surface area contributed by atoms with E-state index in [4.69, 9.17) is 0 Å². The molecule has 0 heterocycles. The highest BCUT2D eigenvalue weighted by molar-refractivity contribution is 5.94. The topological polar surface area (TPSA) is 20.3 Å². The highest BCUT2D eigenvalue weighted by Crippen LogP contribution is 2.22. The molecular formula is C16H14F3NO. The van der Waals surface area contributed by atoms with Gasteiger partial charge in [0, 0.05) is 12.6 Å². The number of halogens is 3. The number of carbonyl (C=O) groups excluding carboxylic acids is 1. The van der Waals surface area contributed by atoms with Crippen LogP contribution in [0.2, 0.25) is 0 Å². The Labute approximate surface area is 120 Å². The minimum Gasteiger partial charge on any atom is -0.335 e. The zero-order valence-electron chi connectivity index (χ0n) is 11.6. The van der Waals surface area contributed by atoms with E-state index < -0.39 is 23.4 Å². The maximum absolute atomic E-state index is 13.2. The van der Waals surface area contributed by atoms with Crippen molar-refractivity contribution in [3.05, 3.63) is 71.0 Å². The molecule has 2 aromatic rings. The van der Waals surface area contributed by atoms with Crippen molar-refractivity contribution in [1.29, 1.82) is 0 Å². The van der Waals surface area contributed by atoms with Crippen molar-refractivity contribution in [2.24, 2.45) is 0 Å². The Morgan fingerprint density at radius 1 is 1.05 bits per heavy atom. The number of hydrogen-bond donors (Lipinski definition) is 0. The first-order chi connectivity index (χ1) is 9.91. The molecule has 1 unspecified atom stereocenters. The van der Waals surface area contributed by atoms with Crippen molar-refractivity contribution in [2.75, 3.05) is 7.05 Å². The van der Waals surface area contributed by atoms with Gasteiger partial charge in [0.1, 0.15) is 0 Å². The monoisotopic (exact) mass is 293 g/mol. The average Bonchev–Trinajstić information content (AvgIpc) is 2.50. The summed E-state index contributed by atoms with van der Waals surface area (Å²) in [6.45, 7) is 1.80. The summed E-state index contributed by atoms with van der Waals surface area (Å²) >= 11 is 0. The second-order valence-electron chi connectivity index (χ2n) is 4.76. The molecule has 0 N–H and O–H groups in total. The van der Waals surface area contributed by atoms with Crippen LogP contribution in [0.4, 0.5) is 13.2 Å².